The van der Waals surface area contributed by atoms with Crippen LogP contribution in [0.5, 0.6) is 0 Å². The average molecular weight is 269 g/mol. The van der Waals surface area contributed by atoms with E-state index in [1.807, 2.05) is 26.0 Å². The summed E-state index contributed by atoms with van der Waals surface area (Å²) < 4.78 is 0. The number of rotatable bonds is 3. The molecule has 1 aromatic carbocycles. The summed E-state index contributed by atoms with van der Waals surface area (Å²) in [6.07, 6.45) is 1.74. The summed E-state index contributed by atoms with van der Waals surface area (Å²) in [5.74, 6) is 0.632. The van der Waals surface area contributed by atoms with E-state index in [1.54, 1.807) is 0 Å². The van der Waals surface area contributed by atoms with Crippen LogP contribution in [0.2, 0.25) is 0 Å². The number of carbonyl (C=O) groups is 1. The molecule has 1 aliphatic rings. The van der Waals surface area contributed by atoms with Crippen LogP contribution >= 0.6 is 12.4 Å². The zero-order valence-corrected chi connectivity index (χ0v) is 11.8. The maximum absolute atomic E-state index is 11.9. The van der Waals surface area contributed by atoms with Gasteiger partial charge >= 0.3 is 0 Å². The molecule has 1 aromatic rings. The van der Waals surface area contributed by atoms with Gasteiger partial charge in [0, 0.05) is 12.1 Å². The summed E-state index contributed by atoms with van der Waals surface area (Å²) >= 11 is 0. The third kappa shape index (κ3) is 4.00. The van der Waals surface area contributed by atoms with Crippen molar-refractivity contribution < 1.29 is 4.79 Å². The molecular weight excluding hydrogens is 248 g/mol. The first kappa shape index (κ1) is 15.0. The van der Waals surface area contributed by atoms with E-state index in [0.717, 1.165) is 30.8 Å². The number of carbonyl (C=O) groups excluding carboxylic acids is 1. The Bertz CT molecular complexity index is 414. The topological polar surface area (TPSA) is 41.1 Å². The zero-order valence-electron chi connectivity index (χ0n) is 11.0. The van der Waals surface area contributed by atoms with Crippen molar-refractivity contribution in [1.82, 2.24) is 5.32 Å². The Hall–Kier alpha value is -1.06. The molecule has 1 fully saturated rings. The summed E-state index contributed by atoms with van der Waals surface area (Å²) in [7, 11) is 0. The minimum atomic E-state index is 0. The third-order valence-electron chi connectivity index (χ3n) is 3.30. The lowest BCUT2D eigenvalue weighted by molar-refractivity contribution is -0.116. The number of halogens is 1. The molecule has 1 saturated heterocycles. The van der Waals surface area contributed by atoms with Crippen LogP contribution in [-0.4, -0.2) is 19.0 Å². The summed E-state index contributed by atoms with van der Waals surface area (Å²) in [6, 6.07) is 6.13. The Morgan fingerprint density at radius 1 is 1.44 bits per heavy atom. The van der Waals surface area contributed by atoms with Gasteiger partial charge in [-0.15, -0.1) is 12.4 Å². The van der Waals surface area contributed by atoms with Gasteiger partial charge in [0.05, 0.1) is 0 Å². The molecule has 0 aliphatic carbocycles. The number of benzene rings is 1. The monoisotopic (exact) mass is 268 g/mol. The van der Waals surface area contributed by atoms with Crippen molar-refractivity contribution in [2.24, 2.45) is 5.92 Å². The molecule has 18 heavy (non-hydrogen) atoms. The molecule has 1 unspecified atom stereocenters. The average Bonchev–Trinajstić information content (AvgIpc) is 2.76. The molecule has 1 heterocycles. The first-order valence-electron chi connectivity index (χ1n) is 6.23. The Morgan fingerprint density at radius 2 is 2.22 bits per heavy atom. The molecular formula is C14H21ClN2O. The van der Waals surface area contributed by atoms with Crippen LogP contribution in [0.4, 0.5) is 5.69 Å². The Labute approximate surface area is 115 Å². The molecule has 2 rings (SSSR count). The molecule has 3 nitrogen and oxygen atoms in total. The van der Waals surface area contributed by atoms with Gasteiger partial charge in [0.15, 0.2) is 0 Å². The van der Waals surface area contributed by atoms with Gasteiger partial charge in [0.1, 0.15) is 0 Å². The molecule has 4 heteroatoms. The smallest absolute Gasteiger partial charge is 0.224 e. The molecule has 1 atom stereocenters. The number of hydrogen-bond donors (Lipinski definition) is 2. The third-order valence-corrected chi connectivity index (χ3v) is 3.30. The van der Waals surface area contributed by atoms with Gasteiger partial charge in [-0.25, -0.2) is 0 Å². The lowest BCUT2D eigenvalue weighted by Gasteiger charge is -2.11. The van der Waals surface area contributed by atoms with Crippen LogP contribution < -0.4 is 10.6 Å². The fourth-order valence-corrected chi connectivity index (χ4v) is 2.22. The van der Waals surface area contributed by atoms with Crippen LogP contribution in [-0.2, 0) is 4.79 Å². The highest BCUT2D eigenvalue weighted by Crippen LogP contribution is 2.18. The summed E-state index contributed by atoms with van der Waals surface area (Å²) in [5.41, 5.74) is 3.24. The Morgan fingerprint density at radius 3 is 2.89 bits per heavy atom. The molecule has 0 bridgehead atoms. The molecule has 2 N–H and O–H groups in total. The zero-order chi connectivity index (χ0) is 12.3. The molecule has 0 saturated carbocycles. The second-order valence-corrected chi connectivity index (χ2v) is 4.93. The van der Waals surface area contributed by atoms with Crippen molar-refractivity contribution >= 4 is 24.0 Å². The predicted octanol–water partition coefficient (Wildman–Crippen LogP) is 2.66. The van der Waals surface area contributed by atoms with Crippen LogP contribution in [0, 0.1) is 19.8 Å². The first-order chi connectivity index (χ1) is 8.15. The maximum atomic E-state index is 11.9. The van der Waals surface area contributed by atoms with Crippen molar-refractivity contribution in [3.8, 4) is 0 Å². The number of aryl methyl sites for hydroxylation is 2. The lowest BCUT2D eigenvalue weighted by atomic mass is 10.0. The summed E-state index contributed by atoms with van der Waals surface area (Å²) in [5, 5.41) is 6.29. The highest BCUT2D eigenvalue weighted by molar-refractivity contribution is 5.91. The summed E-state index contributed by atoms with van der Waals surface area (Å²) in [4.78, 5) is 11.9. The largest absolute Gasteiger partial charge is 0.326 e. The van der Waals surface area contributed by atoms with Crippen LogP contribution in [0.3, 0.4) is 0 Å². The van der Waals surface area contributed by atoms with E-state index in [4.69, 9.17) is 0 Å². The van der Waals surface area contributed by atoms with Crippen molar-refractivity contribution in [2.75, 3.05) is 18.4 Å². The van der Waals surface area contributed by atoms with Gasteiger partial charge < -0.3 is 10.6 Å². The minimum absolute atomic E-state index is 0. The molecule has 1 aliphatic heterocycles. The lowest BCUT2D eigenvalue weighted by Crippen LogP contribution is -2.18. The maximum Gasteiger partial charge on any atom is 0.224 e. The predicted molar refractivity (Wildman–Crippen MR) is 77.4 cm³/mol. The Kier molecular flexibility index (Phi) is 5.63. The van der Waals surface area contributed by atoms with E-state index < -0.39 is 0 Å². The second kappa shape index (κ2) is 6.76. The minimum Gasteiger partial charge on any atom is -0.326 e. The van der Waals surface area contributed by atoms with E-state index in [9.17, 15) is 4.79 Å². The van der Waals surface area contributed by atoms with Crippen molar-refractivity contribution in [2.45, 2.75) is 26.7 Å². The van der Waals surface area contributed by atoms with Gasteiger partial charge in [0.25, 0.3) is 0 Å². The molecule has 1 amide bonds. The van der Waals surface area contributed by atoms with Crippen LogP contribution in [0.1, 0.15) is 24.0 Å². The number of amides is 1. The van der Waals surface area contributed by atoms with Gasteiger partial charge in [-0.1, -0.05) is 12.1 Å². The van der Waals surface area contributed by atoms with E-state index >= 15 is 0 Å². The van der Waals surface area contributed by atoms with Crippen LogP contribution in [0.15, 0.2) is 18.2 Å². The fraction of sp³-hybridized carbons (Fsp3) is 0.500. The molecule has 0 spiro atoms. The second-order valence-electron chi connectivity index (χ2n) is 4.93. The van der Waals surface area contributed by atoms with Crippen LogP contribution in [0.25, 0.3) is 0 Å². The quantitative estimate of drug-likeness (QED) is 0.885. The van der Waals surface area contributed by atoms with Crippen molar-refractivity contribution in [3.05, 3.63) is 29.3 Å². The standard InChI is InChI=1S/C14H20N2O.ClH/c1-10-3-4-11(2)13(7-10)16-14(17)8-12-5-6-15-9-12;/h3-4,7,12,15H,5-6,8-9H2,1-2H3,(H,16,17);1H. The highest BCUT2D eigenvalue weighted by Gasteiger charge is 2.18. The van der Waals surface area contributed by atoms with E-state index in [2.05, 4.69) is 16.7 Å². The highest BCUT2D eigenvalue weighted by atomic mass is 35.5. The Balaban J connectivity index is 0.00000162. The SMILES string of the molecule is Cc1ccc(C)c(NC(=O)CC2CCNC2)c1.Cl. The fourth-order valence-electron chi connectivity index (χ4n) is 2.22. The number of anilines is 1. The van der Waals surface area contributed by atoms with E-state index in [0.29, 0.717) is 12.3 Å². The van der Waals surface area contributed by atoms with E-state index in [-0.39, 0.29) is 18.3 Å². The van der Waals surface area contributed by atoms with Crippen molar-refractivity contribution in [1.29, 1.82) is 0 Å². The first-order valence-corrected chi connectivity index (χ1v) is 6.23. The molecule has 100 valence electrons. The summed E-state index contributed by atoms with van der Waals surface area (Å²) in [6.45, 7) is 6.07. The normalized spacial score (nSPS) is 18.2. The van der Waals surface area contributed by atoms with Gasteiger partial charge in [0.2, 0.25) is 5.91 Å². The van der Waals surface area contributed by atoms with Gasteiger partial charge in [-0.3, -0.25) is 4.79 Å². The van der Waals surface area contributed by atoms with E-state index in [1.165, 1.54) is 5.56 Å². The molecule has 0 radical (unpaired) electrons. The number of nitrogens with one attached hydrogen (secondary N) is 2. The molecule has 0 aromatic heterocycles. The van der Waals surface area contributed by atoms with Gasteiger partial charge in [-0.2, -0.15) is 0 Å². The number of hydrogen-bond acceptors (Lipinski definition) is 2. The van der Waals surface area contributed by atoms with Crippen molar-refractivity contribution in [3.63, 3.8) is 0 Å². The van der Waals surface area contributed by atoms with Gasteiger partial charge in [-0.05, 0) is 56.5 Å².